The van der Waals surface area contributed by atoms with Gasteiger partial charge in [0.25, 0.3) is 0 Å². The van der Waals surface area contributed by atoms with Gasteiger partial charge in [-0.15, -0.1) is 11.8 Å². The van der Waals surface area contributed by atoms with Crippen LogP contribution in [-0.2, 0) is 16.2 Å². The highest BCUT2D eigenvalue weighted by Gasteiger charge is 2.32. The average Bonchev–Trinajstić information content (AvgIpc) is 2.37. The molecule has 0 radical (unpaired) electrons. The van der Waals surface area contributed by atoms with Gasteiger partial charge in [-0.05, 0) is 24.6 Å². The van der Waals surface area contributed by atoms with Crippen LogP contribution in [0.4, 0.5) is 5.69 Å². The first-order valence-electron chi connectivity index (χ1n) is 5.46. The Hall–Kier alpha value is -1.53. The van der Waals surface area contributed by atoms with Crippen molar-refractivity contribution in [3.63, 3.8) is 0 Å². The summed E-state index contributed by atoms with van der Waals surface area (Å²) in [7, 11) is 0. The number of carbonyl (C=O) groups excluding carboxylic acids is 1. The molecule has 5 nitrogen and oxygen atoms in total. The number of nitrogens with zero attached hydrogens (tertiary/aromatic N) is 1. The molecule has 1 amide bonds. The highest BCUT2D eigenvalue weighted by Crippen LogP contribution is 2.37. The number of hydrogen-bond acceptors (Lipinski definition) is 4. The fraction of sp³-hybridized carbons (Fsp3) is 0.333. The maximum Gasteiger partial charge on any atom is 0.326 e. The van der Waals surface area contributed by atoms with Crippen molar-refractivity contribution in [3.05, 3.63) is 23.8 Å². The van der Waals surface area contributed by atoms with Crippen LogP contribution in [0, 0.1) is 0 Å². The molecule has 18 heavy (non-hydrogen) atoms. The third-order valence-electron chi connectivity index (χ3n) is 2.83. The van der Waals surface area contributed by atoms with Gasteiger partial charge in [-0.25, -0.2) is 4.79 Å². The number of amides is 1. The number of fused-ring (bicyclic) bond motifs is 1. The molecule has 0 saturated heterocycles. The van der Waals surface area contributed by atoms with E-state index < -0.39 is 12.0 Å². The van der Waals surface area contributed by atoms with Crippen LogP contribution in [0.25, 0.3) is 0 Å². The van der Waals surface area contributed by atoms with Crippen LogP contribution >= 0.6 is 11.8 Å². The summed E-state index contributed by atoms with van der Waals surface area (Å²) in [6, 6.07) is 4.33. The number of carbonyl (C=O) groups is 2. The van der Waals surface area contributed by atoms with Crippen LogP contribution in [-0.4, -0.2) is 33.9 Å². The molecular formula is C12H13NO4S. The Morgan fingerprint density at radius 2 is 2.28 bits per heavy atom. The van der Waals surface area contributed by atoms with Gasteiger partial charge in [-0.1, -0.05) is 6.07 Å². The minimum Gasteiger partial charge on any atom is -0.480 e. The van der Waals surface area contributed by atoms with E-state index in [4.69, 9.17) is 10.2 Å². The Morgan fingerprint density at radius 1 is 1.56 bits per heavy atom. The minimum absolute atomic E-state index is 0.137. The molecule has 0 fully saturated rings. The van der Waals surface area contributed by atoms with Crippen LogP contribution in [0.3, 0.4) is 0 Å². The monoisotopic (exact) mass is 267 g/mol. The molecule has 1 heterocycles. The molecule has 2 rings (SSSR count). The Morgan fingerprint density at radius 3 is 2.89 bits per heavy atom. The predicted molar refractivity (Wildman–Crippen MR) is 67.7 cm³/mol. The molecule has 6 heteroatoms. The third kappa shape index (κ3) is 2.21. The first-order chi connectivity index (χ1) is 8.54. The van der Waals surface area contributed by atoms with Gasteiger partial charge in [0.2, 0.25) is 5.91 Å². The summed E-state index contributed by atoms with van der Waals surface area (Å²) in [6.07, 6.45) is 0. The maximum absolute atomic E-state index is 11.9. The summed E-state index contributed by atoms with van der Waals surface area (Å²) in [5.74, 6) is -1.03. The number of hydrogen-bond donors (Lipinski definition) is 2. The second-order valence-corrected chi connectivity index (χ2v) is 5.04. The van der Waals surface area contributed by atoms with Crippen molar-refractivity contribution in [1.82, 2.24) is 0 Å². The van der Waals surface area contributed by atoms with Gasteiger partial charge in [0.1, 0.15) is 6.04 Å². The lowest BCUT2D eigenvalue weighted by Crippen LogP contribution is -2.46. The van der Waals surface area contributed by atoms with Crippen molar-refractivity contribution in [3.8, 4) is 0 Å². The standard InChI is InChI=1S/C12H13NO4S/c1-7(12(16)17)13-9-4-8(5-14)2-3-10(9)18-6-11(13)15/h2-4,7,14H,5-6H2,1H3,(H,16,17). The molecule has 1 aromatic carbocycles. The SMILES string of the molecule is CC(C(=O)O)N1C(=O)CSc2ccc(CO)cc21. The Labute approximate surface area is 108 Å². The lowest BCUT2D eigenvalue weighted by Gasteiger charge is -2.32. The normalized spacial score (nSPS) is 16.3. The lowest BCUT2D eigenvalue weighted by atomic mass is 10.1. The zero-order chi connectivity index (χ0) is 13.3. The summed E-state index contributed by atoms with van der Waals surface area (Å²) < 4.78 is 0. The Bertz CT molecular complexity index is 503. The van der Waals surface area contributed by atoms with E-state index >= 15 is 0 Å². The summed E-state index contributed by atoms with van der Waals surface area (Å²) >= 11 is 1.38. The number of aliphatic hydroxyl groups excluding tert-OH is 1. The second-order valence-electron chi connectivity index (χ2n) is 4.03. The third-order valence-corrected chi connectivity index (χ3v) is 3.88. The number of anilines is 1. The van der Waals surface area contributed by atoms with E-state index in [0.29, 0.717) is 11.3 Å². The molecule has 1 aromatic rings. The van der Waals surface area contributed by atoms with E-state index in [1.54, 1.807) is 18.2 Å². The van der Waals surface area contributed by atoms with E-state index in [0.717, 1.165) is 4.90 Å². The zero-order valence-electron chi connectivity index (χ0n) is 9.79. The zero-order valence-corrected chi connectivity index (χ0v) is 10.6. The number of carboxylic acid groups (broad SMARTS) is 1. The summed E-state index contributed by atoms with van der Waals surface area (Å²) in [5, 5.41) is 18.2. The van der Waals surface area contributed by atoms with Crippen molar-refractivity contribution in [2.24, 2.45) is 0 Å². The van der Waals surface area contributed by atoms with E-state index in [1.165, 1.54) is 23.6 Å². The Kier molecular flexibility index (Phi) is 3.58. The van der Waals surface area contributed by atoms with Gasteiger partial charge >= 0.3 is 5.97 Å². The first kappa shape index (κ1) is 12.9. The quantitative estimate of drug-likeness (QED) is 0.857. The molecule has 1 atom stereocenters. The fourth-order valence-electron chi connectivity index (χ4n) is 1.85. The lowest BCUT2D eigenvalue weighted by molar-refractivity contribution is -0.139. The van der Waals surface area contributed by atoms with Gasteiger partial charge in [0, 0.05) is 4.90 Å². The molecule has 0 saturated carbocycles. The van der Waals surface area contributed by atoms with Gasteiger partial charge in [-0.3, -0.25) is 9.69 Å². The van der Waals surface area contributed by atoms with Crippen LogP contribution in [0.2, 0.25) is 0 Å². The smallest absolute Gasteiger partial charge is 0.326 e. The fourth-order valence-corrected chi connectivity index (χ4v) is 2.74. The van der Waals surface area contributed by atoms with Gasteiger partial charge in [0.15, 0.2) is 0 Å². The topological polar surface area (TPSA) is 77.8 Å². The van der Waals surface area contributed by atoms with Crippen molar-refractivity contribution < 1.29 is 19.8 Å². The maximum atomic E-state index is 11.9. The second kappa shape index (κ2) is 4.99. The first-order valence-corrected chi connectivity index (χ1v) is 6.44. The van der Waals surface area contributed by atoms with Gasteiger partial charge in [-0.2, -0.15) is 0 Å². The molecule has 1 aliphatic heterocycles. The van der Waals surface area contributed by atoms with Crippen LogP contribution in [0.5, 0.6) is 0 Å². The van der Waals surface area contributed by atoms with Gasteiger partial charge < -0.3 is 10.2 Å². The molecular weight excluding hydrogens is 254 g/mol. The molecule has 0 bridgehead atoms. The van der Waals surface area contributed by atoms with E-state index in [1.807, 2.05) is 0 Å². The molecule has 0 aliphatic carbocycles. The van der Waals surface area contributed by atoms with E-state index in [9.17, 15) is 9.59 Å². The van der Waals surface area contributed by atoms with E-state index in [2.05, 4.69) is 0 Å². The average molecular weight is 267 g/mol. The largest absolute Gasteiger partial charge is 0.480 e. The number of aliphatic hydroxyl groups is 1. The number of rotatable bonds is 3. The highest BCUT2D eigenvalue weighted by atomic mass is 32.2. The molecule has 96 valence electrons. The molecule has 0 aromatic heterocycles. The molecule has 0 spiro atoms. The summed E-state index contributed by atoms with van der Waals surface area (Å²) in [4.78, 5) is 25.1. The highest BCUT2D eigenvalue weighted by molar-refractivity contribution is 8.00. The minimum atomic E-state index is -1.05. The summed E-state index contributed by atoms with van der Waals surface area (Å²) in [5.41, 5.74) is 1.23. The van der Waals surface area contributed by atoms with Crippen molar-refractivity contribution in [2.45, 2.75) is 24.5 Å². The Balaban J connectivity index is 2.48. The summed E-state index contributed by atoms with van der Waals surface area (Å²) in [6.45, 7) is 1.34. The van der Waals surface area contributed by atoms with Crippen molar-refractivity contribution in [2.75, 3.05) is 10.7 Å². The number of carboxylic acids is 1. The van der Waals surface area contributed by atoms with Crippen molar-refractivity contribution in [1.29, 1.82) is 0 Å². The number of benzene rings is 1. The number of aliphatic carboxylic acids is 1. The van der Waals surface area contributed by atoms with E-state index in [-0.39, 0.29) is 18.3 Å². The van der Waals surface area contributed by atoms with Crippen LogP contribution < -0.4 is 4.90 Å². The molecule has 1 aliphatic rings. The van der Waals surface area contributed by atoms with Gasteiger partial charge in [0.05, 0.1) is 18.0 Å². The van der Waals surface area contributed by atoms with Crippen LogP contribution in [0.1, 0.15) is 12.5 Å². The number of thioether (sulfide) groups is 1. The van der Waals surface area contributed by atoms with Crippen LogP contribution in [0.15, 0.2) is 23.1 Å². The molecule has 1 unspecified atom stereocenters. The molecule has 2 N–H and O–H groups in total. The predicted octanol–water partition coefficient (Wildman–Crippen LogP) is 1.09. The van der Waals surface area contributed by atoms with Crippen molar-refractivity contribution >= 4 is 29.3 Å².